The van der Waals surface area contributed by atoms with Gasteiger partial charge in [-0.25, -0.2) is 4.79 Å². The molecule has 1 saturated heterocycles. The molecule has 27 heavy (non-hydrogen) atoms. The molecule has 1 aliphatic heterocycles. The van der Waals surface area contributed by atoms with Crippen LogP contribution in [0.4, 0.5) is 4.79 Å². The van der Waals surface area contributed by atoms with Crippen LogP contribution in [0, 0.1) is 0 Å². The average molecular weight is 366 g/mol. The molecule has 0 radical (unpaired) electrons. The van der Waals surface area contributed by atoms with Crippen molar-refractivity contribution in [2.24, 2.45) is 0 Å². The van der Waals surface area contributed by atoms with Crippen LogP contribution >= 0.6 is 0 Å². The highest BCUT2D eigenvalue weighted by Crippen LogP contribution is 2.28. The van der Waals surface area contributed by atoms with Crippen LogP contribution in [0.15, 0.2) is 36.7 Å². The Morgan fingerprint density at radius 3 is 2.93 bits per heavy atom. The van der Waals surface area contributed by atoms with E-state index in [0.717, 1.165) is 48.9 Å². The van der Waals surface area contributed by atoms with Crippen LogP contribution in [0.2, 0.25) is 0 Å². The van der Waals surface area contributed by atoms with E-state index in [2.05, 4.69) is 44.4 Å². The Kier molecular flexibility index (Phi) is 4.83. The van der Waals surface area contributed by atoms with E-state index in [4.69, 9.17) is 0 Å². The van der Waals surface area contributed by atoms with E-state index in [0.29, 0.717) is 5.92 Å². The molecule has 1 fully saturated rings. The lowest BCUT2D eigenvalue weighted by molar-refractivity contribution is 0.177. The average Bonchev–Trinajstić information content (AvgIpc) is 3.36. The van der Waals surface area contributed by atoms with E-state index in [9.17, 15) is 4.79 Å². The van der Waals surface area contributed by atoms with Crippen LogP contribution in [0.5, 0.6) is 0 Å². The van der Waals surface area contributed by atoms with Gasteiger partial charge in [0.2, 0.25) is 0 Å². The van der Waals surface area contributed by atoms with Crippen molar-refractivity contribution in [3.8, 4) is 0 Å². The van der Waals surface area contributed by atoms with Crippen LogP contribution < -0.4 is 5.32 Å². The number of H-pyrrole nitrogens is 1. The van der Waals surface area contributed by atoms with Gasteiger partial charge in [-0.05, 0) is 50.5 Å². The fourth-order valence-corrected chi connectivity index (χ4v) is 3.92. The van der Waals surface area contributed by atoms with Gasteiger partial charge in [-0.2, -0.15) is 10.2 Å². The van der Waals surface area contributed by atoms with Crippen molar-refractivity contribution in [2.75, 3.05) is 13.1 Å². The Bertz CT molecular complexity index is 921. The van der Waals surface area contributed by atoms with Crippen molar-refractivity contribution >= 4 is 16.9 Å². The maximum atomic E-state index is 12.7. The molecule has 0 spiro atoms. The smallest absolute Gasteiger partial charge is 0.317 e. The first-order chi connectivity index (χ1) is 13.2. The lowest BCUT2D eigenvalue weighted by Crippen LogP contribution is -2.45. The Morgan fingerprint density at radius 2 is 2.15 bits per heavy atom. The first-order valence-corrected chi connectivity index (χ1v) is 9.66. The first kappa shape index (κ1) is 17.6. The fraction of sp³-hybridized carbons (Fsp3) is 0.450. The summed E-state index contributed by atoms with van der Waals surface area (Å²) in [7, 11) is 0. The van der Waals surface area contributed by atoms with Gasteiger partial charge >= 0.3 is 6.03 Å². The SMILES string of the molecule is CCn1nccc1C1CCN(C(=O)NC(C)c2ccc3[nH]ncc3c2)CC1. The number of rotatable bonds is 4. The number of nitrogens with one attached hydrogen (secondary N) is 2. The fourth-order valence-electron chi connectivity index (χ4n) is 3.92. The number of hydrogen-bond acceptors (Lipinski definition) is 3. The summed E-state index contributed by atoms with van der Waals surface area (Å²) in [6, 6.07) is 8.18. The van der Waals surface area contributed by atoms with Crippen molar-refractivity contribution in [1.82, 2.24) is 30.2 Å². The van der Waals surface area contributed by atoms with Gasteiger partial charge in [0.15, 0.2) is 0 Å². The van der Waals surface area contributed by atoms with Gasteiger partial charge in [0.05, 0.1) is 17.8 Å². The minimum Gasteiger partial charge on any atom is -0.331 e. The van der Waals surface area contributed by atoms with E-state index >= 15 is 0 Å². The van der Waals surface area contributed by atoms with Gasteiger partial charge in [-0.15, -0.1) is 0 Å². The molecule has 7 nitrogen and oxygen atoms in total. The summed E-state index contributed by atoms with van der Waals surface area (Å²) in [5.41, 5.74) is 3.38. The van der Waals surface area contributed by atoms with E-state index in [1.165, 1.54) is 5.69 Å². The Hall–Kier alpha value is -2.83. The molecule has 4 rings (SSSR count). The molecular formula is C20H26N6O. The summed E-state index contributed by atoms with van der Waals surface area (Å²) in [6.07, 6.45) is 5.64. The van der Waals surface area contributed by atoms with Gasteiger partial charge in [-0.3, -0.25) is 9.78 Å². The Labute approximate surface area is 158 Å². The maximum absolute atomic E-state index is 12.7. The molecule has 1 aromatic carbocycles. The molecule has 2 amide bonds. The third-order valence-corrected chi connectivity index (χ3v) is 5.55. The molecule has 0 aliphatic carbocycles. The lowest BCUT2D eigenvalue weighted by atomic mass is 9.93. The molecule has 2 N–H and O–H groups in total. The van der Waals surface area contributed by atoms with E-state index in [-0.39, 0.29) is 12.1 Å². The second-order valence-electron chi connectivity index (χ2n) is 7.22. The lowest BCUT2D eigenvalue weighted by Gasteiger charge is -2.33. The van der Waals surface area contributed by atoms with E-state index in [1.54, 1.807) is 6.20 Å². The molecule has 142 valence electrons. The molecular weight excluding hydrogens is 340 g/mol. The van der Waals surface area contributed by atoms with Gasteiger partial charge in [0.25, 0.3) is 0 Å². The maximum Gasteiger partial charge on any atom is 0.317 e. The van der Waals surface area contributed by atoms with Crippen molar-refractivity contribution in [1.29, 1.82) is 0 Å². The molecule has 3 heterocycles. The molecule has 3 aromatic rings. The number of benzene rings is 1. The number of aromatic nitrogens is 4. The van der Waals surface area contributed by atoms with Gasteiger partial charge in [0, 0.05) is 42.8 Å². The number of nitrogens with zero attached hydrogens (tertiary/aromatic N) is 4. The zero-order valence-corrected chi connectivity index (χ0v) is 15.9. The molecule has 7 heteroatoms. The summed E-state index contributed by atoms with van der Waals surface area (Å²) in [5, 5.41) is 15.6. The number of urea groups is 1. The van der Waals surface area contributed by atoms with Crippen LogP contribution in [0.3, 0.4) is 0 Å². The second kappa shape index (κ2) is 7.42. The number of carbonyl (C=O) groups is 1. The molecule has 1 unspecified atom stereocenters. The van der Waals surface area contributed by atoms with E-state index < -0.39 is 0 Å². The normalized spacial score (nSPS) is 16.6. The number of hydrogen-bond donors (Lipinski definition) is 2. The quantitative estimate of drug-likeness (QED) is 0.742. The van der Waals surface area contributed by atoms with Crippen LogP contribution in [0.25, 0.3) is 10.9 Å². The molecule has 1 aliphatic rings. The van der Waals surface area contributed by atoms with Crippen molar-refractivity contribution in [3.05, 3.63) is 47.9 Å². The first-order valence-electron chi connectivity index (χ1n) is 9.66. The molecule has 1 atom stereocenters. The van der Waals surface area contributed by atoms with Crippen molar-refractivity contribution in [2.45, 2.75) is 45.2 Å². The molecule has 2 aromatic heterocycles. The van der Waals surface area contributed by atoms with Gasteiger partial charge in [0.1, 0.15) is 0 Å². The third-order valence-electron chi connectivity index (χ3n) is 5.55. The predicted octanol–water partition coefficient (Wildman–Crippen LogP) is 3.43. The van der Waals surface area contributed by atoms with Crippen molar-refractivity contribution in [3.63, 3.8) is 0 Å². The monoisotopic (exact) mass is 366 g/mol. The molecule has 0 saturated carbocycles. The minimum atomic E-state index is -0.0453. The summed E-state index contributed by atoms with van der Waals surface area (Å²) in [6.45, 7) is 6.58. The number of carbonyl (C=O) groups excluding carboxylic acids is 1. The second-order valence-corrected chi connectivity index (χ2v) is 7.22. The number of aromatic amines is 1. The topological polar surface area (TPSA) is 78.8 Å². The van der Waals surface area contributed by atoms with Crippen LogP contribution in [-0.2, 0) is 6.54 Å². The number of likely N-dealkylation sites (tertiary alicyclic amines) is 1. The van der Waals surface area contributed by atoms with Crippen LogP contribution in [-0.4, -0.2) is 44.0 Å². The van der Waals surface area contributed by atoms with Gasteiger partial charge in [-0.1, -0.05) is 6.07 Å². The highest BCUT2D eigenvalue weighted by atomic mass is 16.2. The van der Waals surface area contributed by atoms with Crippen LogP contribution in [0.1, 0.15) is 49.9 Å². The summed E-state index contributed by atoms with van der Waals surface area (Å²) in [4.78, 5) is 14.6. The minimum absolute atomic E-state index is 0.0113. The highest BCUT2D eigenvalue weighted by molar-refractivity contribution is 5.79. The Balaban J connectivity index is 1.35. The zero-order valence-electron chi connectivity index (χ0n) is 15.9. The number of amides is 2. The number of aryl methyl sites for hydroxylation is 1. The largest absolute Gasteiger partial charge is 0.331 e. The number of piperidine rings is 1. The van der Waals surface area contributed by atoms with E-state index in [1.807, 2.05) is 30.2 Å². The zero-order chi connectivity index (χ0) is 18.8. The standard InChI is InChI=1S/C20H26N6O/c1-3-26-19(6-9-22-26)15-7-10-25(11-8-15)20(27)23-14(2)16-4-5-18-17(12-16)13-21-24-18/h4-6,9,12-15H,3,7-8,10-11H2,1-2H3,(H,21,24)(H,23,27). The molecule has 0 bridgehead atoms. The summed E-state index contributed by atoms with van der Waals surface area (Å²) < 4.78 is 2.06. The predicted molar refractivity (Wildman–Crippen MR) is 104 cm³/mol. The highest BCUT2D eigenvalue weighted by Gasteiger charge is 2.26. The summed E-state index contributed by atoms with van der Waals surface area (Å²) in [5.74, 6) is 0.484. The van der Waals surface area contributed by atoms with Crippen molar-refractivity contribution < 1.29 is 4.79 Å². The summed E-state index contributed by atoms with van der Waals surface area (Å²) >= 11 is 0. The third kappa shape index (κ3) is 3.54. The van der Waals surface area contributed by atoms with Gasteiger partial charge < -0.3 is 10.2 Å². The number of fused-ring (bicyclic) bond motifs is 1. The Morgan fingerprint density at radius 1 is 1.33 bits per heavy atom.